The van der Waals surface area contributed by atoms with Gasteiger partial charge >= 0.3 is 0 Å². The second kappa shape index (κ2) is 3.21. The van der Waals surface area contributed by atoms with Gasteiger partial charge < -0.3 is 16.2 Å². The molecule has 1 saturated heterocycles. The van der Waals surface area contributed by atoms with Crippen LogP contribution in [0.4, 0.5) is 0 Å². The average Bonchev–Trinajstić information content (AvgIpc) is 2.04. The fourth-order valence-electron chi connectivity index (χ4n) is 1.63. The van der Waals surface area contributed by atoms with Gasteiger partial charge in [-0.15, -0.1) is 0 Å². The quantitative estimate of drug-likeness (QED) is 0.619. The van der Waals surface area contributed by atoms with Gasteiger partial charge in [-0.3, -0.25) is 4.99 Å². The number of dihydropyridines is 1. The number of allylic oxidation sites excluding steroid dienone is 1. The predicted molar refractivity (Wildman–Crippen MR) is 51.5 cm³/mol. The van der Waals surface area contributed by atoms with Crippen molar-refractivity contribution in [2.45, 2.75) is 30.7 Å². The number of hydrogen-bond acceptors (Lipinski definition) is 4. The van der Waals surface area contributed by atoms with E-state index in [4.69, 9.17) is 16.2 Å². The van der Waals surface area contributed by atoms with E-state index < -0.39 is 5.54 Å². The van der Waals surface area contributed by atoms with Crippen LogP contribution in [0, 0.1) is 0 Å². The first-order chi connectivity index (χ1) is 6.21. The fourth-order valence-corrected chi connectivity index (χ4v) is 1.63. The minimum Gasteiger partial charge on any atom is -0.378 e. The molecule has 72 valence electrons. The monoisotopic (exact) mass is 181 g/mol. The highest BCUT2D eigenvalue weighted by Crippen LogP contribution is 2.25. The molecule has 13 heavy (non-hydrogen) atoms. The van der Waals surface area contributed by atoms with E-state index in [2.05, 4.69) is 4.99 Å². The van der Waals surface area contributed by atoms with Crippen molar-refractivity contribution >= 4 is 6.21 Å². The van der Waals surface area contributed by atoms with Gasteiger partial charge in [0.05, 0.1) is 11.6 Å². The fraction of sp³-hybridized carbons (Fsp3) is 0.667. The molecule has 4 heteroatoms. The van der Waals surface area contributed by atoms with Gasteiger partial charge in [0.2, 0.25) is 0 Å². The summed E-state index contributed by atoms with van der Waals surface area (Å²) in [6, 6.07) is 0. The van der Waals surface area contributed by atoms with Gasteiger partial charge in [0.25, 0.3) is 0 Å². The zero-order valence-corrected chi connectivity index (χ0v) is 7.52. The Morgan fingerprint density at radius 2 is 2.38 bits per heavy atom. The van der Waals surface area contributed by atoms with Gasteiger partial charge in [-0.1, -0.05) is 6.08 Å². The Morgan fingerprint density at radius 3 is 2.92 bits per heavy atom. The van der Waals surface area contributed by atoms with Crippen LogP contribution < -0.4 is 11.5 Å². The summed E-state index contributed by atoms with van der Waals surface area (Å²) >= 11 is 0. The third kappa shape index (κ3) is 1.65. The van der Waals surface area contributed by atoms with E-state index in [1.807, 2.05) is 12.2 Å². The molecule has 0 saturated carbocycles. The molecule has 0 aromatic rings. The molecule has 2 aliphatic heterocycles. The van der Waals surface area contributed by atoms with Gasteiger partial charge in [0.15, 0.2) is 0 Å². The standard InChI is InChI=1S/C9H15N3O/c10-8-9(11,3-1-4-12-8)6-7-2-5-13-7/h1,3-4,7-8H,2,5-6,10-11H2. The maximum absolute atomic E-state index is 6.11. The summed E-state index contributed by atoms with van der Waals surface area (Å²) in [7, 11) is 0. The molecule has 3 atom stereocenters. The van der Waals surface area contributed by atoms with Crippen molar-refractivity contribution in [3.05, 3.63) is 12.2 Å². The lowest BCUT2D eigenvalue weighted by molar-refractivity contribution is -0.0637. The molecule has 4 nitrogen and oxygen atoms in total. The topological polar surface area (TPSA) is 73.6 Å². The number of nitrogens with zero attached hydrogens (tertiary/aromatic N) is 1. The van der Waals surface area contributed by atoms with Crippen LogP contribution in [0.1, 0.15) is 12.8 Å². The predicted octanol–water partition coefficient (Wildman–Crippen LogP) is -0.212. The molecule has 0 radical (unpaired) electrons. The minimum absolute atomic E-state index is 0.272. The van der Waals surface area contributed by atoms with Gasteiger partial charge in [-0.25, -0.2) is 0 Å². The smallest absolute Gasteiger partial charge is 0.119 e. The van der Waals surface area contributed by atoms with Crippen LogP contribution in [-0.2, 0) is 4.74 Å². The Bertz CT molecular complexity index is 247. The van der Waals surface area contributed by atoms with Gasteiger partial charge in [0.1, 0.15) is 6.17 Å². The number of hydrogen-bond donors (Lipinski definition) is 2. The summed E-state index contributed by atoms with van der Waals surface area (Å²) in [5, 5.41) is 0. The number of ether oxygens (including phenoxy) is 1. The lowest BCUT2D eigenvalue weighted by Gasteiger charge is -2.38. The molecule has 0 aromatic carbocycles. The second-order valence-corrected chi connectivity index (χ2v) is 3.70. The molecule has 0 aliphatic carbocycles. The molecule has 4 N–H and O–H groups in total. The van der Waals surface area contributed by atoms with E-state index in [0.717, 1.165) is 19.4 Å². The first-order valence-electron chi connectivity index (χ1n) is 4.58. The minimum atomic E-state index is -0.514. The zero-order chi connectivity index (χ0) is 9.31. The second-order valence-electron chi connectivity index (χ2n) is 3.70. The maximum atomic E-state index is 6.11. The summed E-state index contributed by atoms with van der Waals surface area (Å²) in [5.74, 6) is 0. The van der Waals surface area contributed by atoms with E-state index in [1.54, 1.807) is 6.21 Å². The molecular formula is C9H15N3O. The maximum Gasteiger partial charge on any atom is 0.119 e. The molecule has 3 unspecified atom stereocenters. The van der Waals surface area contributed by atoms with Crippen LogP contribution in [0.5, 0.6) is 0 Å². The van der Waals surface area contributed by atoms with Crippen LogP contribution in [0.15, 0.2) is 17.1 Å². The normalized spacial score (nSPS) is 43.2. The molecule has 2 aliphatic rings. The lowest BCUT2D eigenvalue weighted by Crippen LogP contribution is -2.56. The molecule has 0 bridgehead atoms. The van der Waals surface area contributed by atoms with Crippen molar-refractivity contribution in [2.24, 2.45) is 16.5 Å². The SMILES string of the molecule is NC1N=CC=CC1(N)CC1CCO1. The number of rotatable bonds is 2. The first kappa shape index (κ1) is 8.87. The van der Waals surface area contributed by atoms with Crippen molar-refractivity contribution in [1.29, 1.82) is 0 Å². The van der Waals surface area contributed by atoms with Crippen LogP contribution in [-0.4, -0.2) is 30.6 Å². The van der Waals surface area contributed by atoms with E-state index in [-0.39, 0.29) is 12.3 Å². The Labute approximate surface area is 77.6 Å². The molecule has 0 amide bonds. The lowest BCUT2D eigenvalue weighted by atomic mass is 9.86. The van der Waals surface area contributed by atoms with Crippen molar-refractivity contribution in [1.82, 2.24) is 0 Å². The number of aliphatic imine (C=N–C) groups is 1. The summed E-state index contributed by atoms with van der Waals surface area (Å²) in [5.41, 5.74) is 11.4. The van der Waals surface area contributed by atoms with Crippen LogP contribution >= 0.6 is 0 Å². The molecule has 0 aromatic heterocycles. The summed E-state index contributed by atoms with van der Waals surface area (Å²) in [6.07, 6.45) is 7.26. The van der Waals surface area contributed by atoms with Gasteiger partial charge in [0, 0.05) is 12.8 Å². The molecular weight excluding hydrogens is 166 g/mol. The Hall–Kier alpha value is -0.710. The van der Waals surface area contributed by atoms with Crippen LogP contribution in [0.25, 0.3) is 0 Å². The third-order valence-electron chi connectivity index (χ3n) is 2.66. The molecule has 2 rings (SSSR count). The Kier molecular flexibility index (Phi) is 2.19. The van der Waals surface area contributed by atoms with Gasteiger partial charge in [-0.2, -0.15) is 0 Å². The van der Waals surface area contributed by atoms with Crippen molar-refractivity contribution in [2.75, 3.05) is 6.61 Å². The summed E-state index contributed by atoms with van der Waals surface area (Å²) in [4.78, 5) is 4.08. The third-order valence-corrected chi connectivity index (χ3v) is 2.66. The summed E-state index contributed by atoms with van der Waals surface area (Å²) in [6.45, 7) is 0.850. The first-order valence-corrected chi connectivity index (χ1v) is 4.58. The molecule has 1 fully saturated rings. The van der Waals surface area contributed by atoms with Crippen LogP contribution in [0.2, 0.25) is 0 Å². The average molecular weight is 181 g/mol. The van der Waals surface area contributed by atoms with Crippen molar-refractivity contribution in [3.8, 4) is 0 Å². The van der Waals surface area contributed by atoms with E-state index in [9.17, 15) is 0 Å². The number of nitrogens with two attached hydrogens (primary N) is 2. The highest BCUT2D eigenvalue weighted by molar-refractivity contribution is 5.73. The highest BCUT2D eigenvalue weighted by atomic mass is 16.5. The van der Waals surface area contributed by atoms with Gasteiger partial charge in [-0.05, 0) is 18.9 Å². The Morgan fingerprint density at radius 1 is 1.62 bits per heavy atom. The van der Waals surface area contributed by atoms with Crippen molar-refractivity contribution < 1.29 is 4.74 Å². The Balaban J connectivity index is 2.01. The van der Waals surface area contributed by atoms with E-state index in [1.165, 1.54) is 0 Å². The molecule has 2 heterocycles. The molecule has 0 spiro atoms. The van der Waals surface area contributed by atoms with E-state index in [0.29, 0.717) is 0 Å². The largest absolute Gasteiger partial charge is 0.378 e. The van der Waals surface area contributed by atoms with Crippen molar-refractivity contribution in [3.63, 3.8) is 0 Å². The highest BCUT2D eigenvalue weighted by Gasteiger charge is 2.36. The van der Waals surface area contributed by atoms with E-state index >= 15 is 0 Å². The zero-order valence-electron chi connectivity index (χ0n) is 7.52. The summed E-state index contributed by atoms with van der Waals surface area (Å²) < 4.78 is 5.33. The van der Waals surface area contributed by atoms with Crippen LogP contribution in [0.3, 0.4) is 0 Å².